The zero-order chi connectivity index (χ0) is 18.9. The molecule has 0 heterocycles. The third-order valence-electron chi connectivity index (χ3n) is 3.95. The van der Waals surface area contributed by atoms with E-state index >= 15 is 0 Å². The number of carbonyl (C=O) groups is 2. The van der Waals surface area contributed by atoms with Gasteiger partial charge in [0.2, 0.25) is 5.91 Å². The highest BCUT2D eigenvalue weighted by atomic mass is 35.5. The summed E-state index contributed by atoms with van der Waals surface area (Å²) in [5.74, 6) is 0.638. The van der Waals surface area contributed by atoms with Crippen LogP contribution in [0.2, 0.25) is 5.02 Å². The fourth-order valence-corrected chi connectivity index (χ4v) is 2.72. The van der Waals surface area contributed by atoms with Crippen molar-refractivity contribution in [2.75, 3.05) is 13.7 Å². The summed E-state index contributed by atoms with van der Waals surface area (Å²) in [6, 6.07) is 14.5. The smallest absolute Gasteiger partial charge is 0.223 e. The van der Waals surface area contributed by atoms with E-state index in [2.05, 4.69) is 0 Å². The second kappa shape index (κ2) is 9.97. The van der Waals surface area contributed by atoms with E-state index in [0.717, 1.165) is 17.7 Å². The lowest BCUT2D eigenvalue weighted by Gasteiger charge is -2.17. The van der Waals surface area contributed by atoms with E-state index in [9.17, 15) is 9.59 Å². The van der Waals surface area contributed by atoms with Crippen LogP contribution in [0.25, 0.3) is 0 Å². The first-order valence-corrected chi connectivity index (χ1v) is 9.12. The number of carbonyl (C=O) groups excluding carboxylic acids is 2. The Bertz CT molecular complexity index is 743. The van der Waals surface area contributed by atoms with Crippen molar-refractivity contribution in [2.24, 2.45) is 0 Å². The topological polar surface area (TPSA) is 46.6 Å². The lowest BCUT2D eigenvalue weighted by molar-refractivity contribution is -0.130. The number of amides is 1. The lowest BCUT2D eigenvalue weighted by atomic mass is 10.1. The summed E-state index contributed by atoms with van der Waals surface area (Å²) in [6.07, 6.45) is 1.31. The van der Waals surface area contributed by atoms with Gasteiger partial charge in [0.1, 0.15) is 5.75 Å². The molecule has 26 heavy (non-hydrogen) atoms. The molecule has 2 aromatic rings. The maximum atomic E-state index is 12.3. The molecule has 2 aromatic carbocycles. The van der Waals surface area contributed by atoms with E-state index in [1.165, 1.54) is 0 Å². The molecular formula is C21H24ClNO3. The zero-order valence-electron chi connectivity index (χ0n) is 15.2. The highest BCUT2D eigenvalue weighted by molar-refractivity contribution is 6.30. The molecule has 0 atom stereocenters. The van der Waals surface area contributed by atoms with Gasteiger partial charge in [0.05, 0.1) is 6.61 Å². The predicted molar refractivity (Wildman–Crippen MR) is 104 cm³/mol. The molecular weight excluding hydrogens is 350 g/mol. The Morgan fingerprint density at radius 2 is 1.81 bits per heavy atom. The van der Waals surface area contributed by atoms with E-state index in [1.54, 1.807) is 42.3 Å². The number of benzene rings is 2. The number of nitrogens with zero attached hydrogens (tertiary/aromatic N) is 1. The van der Waals surface area contributed by atoms with Gasteiger partial charge in [-0.05, 0) is 48.4 Å². The van der Waals surface area contributed by atoms with Gasteiger partial charge in [-0.3, -0.25) is 9.59 Å². The number of rotatable bonds is 9. The summed E-state index contributed by atoms with van der Waals surface area (Å²) in [5.41, 5.74) is 1.56. The van der Waals surface area contributed by atoms with Crippen molar-refractivity contribution in [3.05, 3.63) is 64.7 Å². The number of hydrogen-bond acceptors (Lipinski definition) is 3. The van der Waals surface area contributed by atoms with Crippen LogP contribution >= 0.6 is 11.6 Å². The lowest BCUT2D eigenvalue weighted by Crippen LogP contribution is -2.26. The van der Waals surface area contributed by atoms with E-state index in [4.69, 9.17) is 16.3 Å². The minimum atomic E-state index is -0.0683. The van der Waals surface area contributed by atoms with Crippen molar-refractivity contribution in [1.29, 1.82) is 0 Å². The van der Waals surface area contributed by atoms with Gasteiger partial charge in [0, 0.05) is 37.0 Å². The fraction of sp³-hybridized carbons (Fsp3) is 0.333. The van der Waals surface area contributed by atoms with Crippen LogP contribution in [-0.4, -0.2) is 30.2 Å². The van der Waals surface area contributed by atoms with Crippen LogP contribution < -0.4 is 4.74 Å². The number of halogens is 1. The molecule has 1 amide bonds. The maximum Gasteiger partial charge on any atom is 0.223 e. The van der Waals surface area contributed by atoms with Crippen molar-refractivity contribution >= 4 is 23.3 Å². The highest BCUT2D eigenvalue weighted by Gasteiger charge is 2.13. The summed E-state index contributed by atoms with van der Waals surface area (Å²) in [7, 11) is 1.73. The standard InChI is InChI=1S/C21H24ClNO3/c1-3-13-26-19-9-7-17(8-10-19)20(24)11-12-21(25)23(2)15-16-5-4-6-18(22)14-16/h4-10,14H,3,11-13,15H2,1-2H3. The van der Waals surface area contributed by atoms with Crippen LogP contribution in [0, 0.1) is 0 Å². The van der Waals surface area contributed by atoms with Crippen LogP contribution in [0.4, 0.5) is 0 Å². The number of Topliss-reactive ketones (excluding diaryl/α,β-unsaturated/α-hetero) is 1. The first kappa shape index (κ1) is 20.0. The first-order chi connectivity index (χ1) is 12.5. The van der Waals surface area contributed by atoms with Crippen molar-refractivity contribution in [3.63, 3.8) is 0 Å². The Morgan fingerprint density at radius 1 is 1.08 bits per heavy atom. The Hall–Kier alpha value is -2.33. The molecule has 4 nitrogen and oxygen atoms in total. The first-order valence-electron chi connectivity index (χ1n) is 8.74. The fourth-order valence-electron chi connectivity index (χ4n) is 2.51. The molecule has 0 radical (unpaired) electrons. The number of ketones is 1. The monoisotopic (exact) mass is 373 g/mol. The average molecular weight is 374 g/mol. The van der Waals surface area contributed by atoms with Crippen LogP contribution in [0.3, 0.4) is 0 Å². The molecule has 0 aliphatic carbocycles. The summed E-state index contributed by atoms with van der Waals surface area (Å²) in [4.78, 5) is 26.1. The summed E-state index contributed by atoms with van der Waals surface area (Å²) >= 11 is 5.96. The molecule has 0 saturated heterocycles. The molecule has 0 aliphatic rings. The number of ether oxygens (including phenoxy) is 1. The Kier molecular flexibility index (Phi) is 7.67. The van der Waals surface area contributed by atoms with Gasteiger partial charge in [0.15, 0.2) is 5.78 Å². The second-order valence-corrected chi connectivity index (χ2v) is 6.61. The largest absolute Gasteiger partial charge is 0.494 e. The third kappa shape index (κ3) is 6.19. The van der Waals surface area contributed by atoms with E-state index in [1.807, 2.05) is 25.1 Å². The molecule has 0 fully saturated rings. The molecule has 0 bridgehead atoms. The molecule has 0 unspecified atom stereocenters. The van der Waals surface area contributed by atoms with E-state index < -0.39 is 0 Å². The zero-order valence-corrected chi connectivity index (χ0v) is 16.0. The number of hydrogen-bond donors (Lipinski definition) is 0. The van der Waals surface area contributed by atoms with Gasteiger partial charge in [-0.25, -0.2) is 0 Å². The van der Waals surface area contributed by atoms with Gasteiger partial charge in [-0.15, -0.1) is 0 Å². The van der Waals surface area contributed by atoms with Crippen LogP contribution in [0.15, 0.2) is 48.5 Å². The SMILES string of the molecule is CCCOc1ccc(C(=O)CCC(=O)N(C)Cc2cccc(Cl)c2)cc1. The molecule has 138 valence electrons. The quantitative estimate of drug-likeness (QED) is 0.596. The third-order valence-corrected chi connectivity index (χ3v) is 4.18. The van der Waals surface area contributed by atoms with E-state index in [-0.39, 0.29) is 24.5 Å². The Balaban J connectivity index is 1.83. The predicted octanol–water partition coefficient (Wildman–Crippen LogP) is 4.75. The Labute approximate surface area is 159 Å². The molecule has 0 N–H and O–H groups in total. The van der Waals surface area contributed by atoms with Crippen LogP contribution in [-0.2, 0) is 11.3 Å². The highest BCUT2D eigenvalue weighted by Crippen LogP contribution is 2.16. The maximum absolute atomic E-state index is 12.3. The van der Waals surface area contributed by atoms with Crippen molar-refractivity contribution in [1.82, 2.24) is 4.90 Å². The summed E-state index contributed by atoms with van der Waals surface area (Å²) in [5, 5.41) is 0.643. The summed E-state index contributed by atoms with van der Waals surface area (Å²) < 4.78 is 5.50. The normalized spacial score (nSPS) is 10.4. The van der Waals surface area contributed by atoms with Crippen molar-refractivity contribution in [2.45, 2.75) is 32.7 Å². The van der Waals surface area contributed by atoms with Gasteiger partial charge in [0.25, 0.3) is 0 Å². The van der Waals surface area contributed by atoms with E-state index in [0.29, 0.717) is 23.7 Å². The molecule has 2 rings (SSSR count). The summed E-state index contributed by atoms with van der Waals surface area (Å²) in [6.45, 7) is 3.16. The molecule has 0 saturated carbocycles. The minimum absolute atomic E-state index is 0.0449. The van der Waals surface area contributed by atoms with Gasteiger partial charge in [-0.1, -0.05) is 30.7 Å². The van der Waals surface area contributed by atoms with Crippen molar-refractivity contribution in [3.8, 4) is 5.75 Å². The van der Waals surface area contributed by atoms with Gasteiger partial charge >= 0.3 is 0 Å². The Morgan fingerprint density at radius 3 is 2.46 bits per heavy atom. The van der Waals surface area contributed by atoms with Gasteiger partial charge < -0.3 is 9.64 Å². The minimum Gasteiger partial charge on any atom is -0.494 e. The van der Waals surface area contributed by atoms with Gasteiger partial charge in [-0.2, -0.15) is 0 Å². The second-order valence-electron chi connectivity index (χ2n) is 6.18. The molecule has 5 heteroatoms. The molecule has 0 aromatic heterocycles. The molecule has 0 aliphatic heterocycles. The molecule has 0 spiro atoms. The van der Waals surface area contributed by atoms with Crippen molar-refractivity contribution < 1.29 is 14.3 Å². The average Bonchev–Trinajstić information content (AvgIpc) is 2.64. The van der Waals surface area contributed by atoms with Crippen LogP contribution in [0.1, 0.15) is 42.1 Å². The van der Waals surface area contributed by atoms with Crippen LogP contribution in [0.5, 0.6) is 5.75 Å².